The third-order valence-corrected chi connectivity index (χ3v) is 3.03. The molecule has 0 saturated carbocycles. The summed E-state index contributed by atoms with van der Waals surface area (Å²) >= 11 is 0. The number of benzene rings is 1. The van der Waals surface area contributed by atoms with Crippen molar-refractivity contribution in [3.8, 4) is 0 Å². The van der Waals surface area contributed by atoms with E-state index in [4.69, 9.17) is 0 Å². The van der Waals surface area contributed by atoms with Gasteiger partial charge in [0.05, 0.1) is 6.04 Å². The zero-order valence-corrected chi connectivity index (χ0v) is 12.8. The van der Waals surface area contributed by atoms with Crippen molar-refractivity contribution in [3.05, 3.63) is 35.6 Å². The van der Waals surface area contributed by atoms with Gasteiger partial charge in [-0.05, 0) is 36.6 Å². The Labute approximate surface area is 121 Å². The van der Waals surface area contributed by atoms with Crippen molar-refractivity contribution < 1.29 is 9.18 Å². The van der Waals surface area contributed by atoms with Crippen LogP contribution in [-0.4, -0.2) is 19.5 Å². The van der Waals surface area contributed by atoms with Crippen LogP contribution in [0.5, 0.6) is 0 Å². The van der Waals surface area contributed by atoms with Gasteiger partial charge in [0.25, 0.3) is 0 Å². The lowest BCUT2D eigenvalue weighted by Gasteiger charge is -2.27. The Balaban J connectivity index is 2.80. The van der Waals surface area contributed by atoms with Gasteiger partial charge in [-0.25, -0.2) is 4.39 Å². The quantitative estimate of drug-likeness (QED) is 0.841. The maximum absolute atomic E-state index is 13.0. The fourth-order valence-electron chi connectivity index (χ4n) is 2.06. The highest BCUT2D eigenvalue weighted by Gasteiger charge is 2.21. The van der Waals surface area contributed by atoms with E-state index in [1.54, 1.807) is 12.1 Å². The molecule has 0 heterocycles. The van der Waals surface area contributed by atoms with Crippen molar-refractivity contribution in [1.82, 2.24) is 10.6 Å². The maximum atomic E-state index is 13.0. The monoisotopic (exact) mass is 280 g/mol. The summed E-state index contributed by atoms with van der Waals surface area (Å²) in [5.74, 6) is -0.248. The van der Waals surface area contributed by atoms with E-state index in [-0.39, 0.29) is 23.2 Å². The summed E-state index contributed by atoms with van der Waals surface area (Å²) in [5, 5.41) is 6.00. The highest BCUT2D eigenvalue weighted by Crippen LogP contribution is 2.29. The van der Waals surface area contributed by atoms with Gasteiger partial charge >= 0.3 is 0 Å². The molecule has 0 saturated heterocycles. The molecule has 0 aromatic heterocycles. The van der Waals surface area contributed by atoms with Crippen LogP contribution in [0.3, 0.4) is 0 Å². The lowest BCUT2D eigenvalue weighted by Crippen LogP contribution is -2.32. The highest BCUT2D eigenvalue weighted by atomic mass is 19.1. The molecule has 0 fully saturated rings. The van der Waals surface area contributed by atoms with E-state index in [0.717, 1.165) is 12.0 Å². The molecule has 3 nitrogen and oxygen atoms in total. The minimum atomic E-state index is -0.259. The van der Waals surface area contributed by atoms with Crippen LogP contribution >= 0.6 is 0 Å². The number of amides is 1. The van der Waals surface area contributed by atoms with E-state index < -0.39 is 0 Å². The van der Waals surface area contributed by atoms with Gasteiger partial charge in [0, 0.05) is 13.0 Å². The molecule has 0 aliphatic carbocycles. The van der Waals surface area contributed by atoms with Crippen LogP contribution in [0.4, 0.5) is 4.39 Å². The van der Waals surface area contributed by atoms with Crippen LogP contribution in [0.15, 0.2) is 24.3 Å². The number of halogens is 1. The SMILES string of the molecule is CNCCC(=O)NC(CC(C)(C)C)c1ccc(F)cc1. The van der Waals surface area contributed by atoms with E-state index in [0.29, 0.717) is 13.0 Å². The zero-order chi connectivity index (χ0) is 15.2. The molecule has 1 atom stereocenters. The Morgan fingerprint density at radius 2 is 1.85 bits per heavy atom. The molecule has 0 spiro atoms. The molecular formula is C16H25FN2O. The van der Waals surface area contributed by atoms with Gasteiger partial charge in [0.1, 0.15) is 5.82 Å². The van der Waals surface area contributed by atoms with Gasteiger partial charge in [0.15, 0.2) is 0 Å². The average molecular weight is 280 g/mol. The first-order valence-corrected chi connectivity index (χ1v) is 7.01. The fraction of sp³-hybridized carbons (Fsp3) is 0.562. The predicted molar refractivity (Wildman–Crippen MR) is 79.9 cm³/mol. The van der Waals surface area contributed by atoms with E-state index in [9.17, 15) is 9.18 Å². The highest BCUT2D eigenvalue weighted by molar-refractivity contribution is 5.76. The van der Waals surface area contributed by atoms with Crippen molar-refractivity contribution >= 4 is 5.91 Å². The molecular weight excluding hydrogens is 255 g/mol. The van der Waals surface area contributed by atoms with Crippen molar-refractivity contribution in [1.29, 1.82) is 0 Å². The molecule has 4 heteroatoms. The van der Waals surface area contributed by atoms with Crippen LogP contribution in [0.2, 0.25) is 0 Å². The molecule has 0 radical (unpaired) electrons. The van der Waals surface area contributed by atoms with Gasteiger partial charge < -0.3 is 10.6 Å². The van der Waals surface area contributed by atoms with Crippen LogP contribution in [-0.2, 0) is 4.79 Å². The zero-order valence-electron chi connectivity index (χ0n) is 12.8. The van der Waals surface area contributed by atoms with Crippen molar-refractivity contribution in [2.45, 2.75) is 39.7 Å². The van der Waals surface area contributed by atoms with Crippen LogP contribution in [0.25, 0.3) is 0 Å². The number of carbonyl (C=O) groups is 1. The molecule has 1 unspecified atom stereocenters. The Hall–Kier alpha value is -1.42. The summed E-state index contributed by atoms with van der Waals surface area (Å²) in [6, 6.07) is 6.27. The smallest absolute Gasteiger partial charge is 0.221 e. The minimum absolute atomic E-state index is 0.0120. The number of hydrogen-bond acceptors (Lipinski definition) is 2. The lowest BCUT2D eigenvalue weighted by molar-refractivity contribution is -0.121. The maximum Gasteiger partial charge on any atom is 0.221 e. The molecule has 1 aromatic carbocycles. The molecule has 0 bridgehead atoms. The molecule has 1 aromatic rings. The van der Waals surface area contributed by atoms with E-state index >= 15 is 0 Å². The number of hydrogen-bond donors (Lipinski definition) is 2. The summed E-state index contributed by atoms with van der Waals surface area (Å²) in [5.41, 5.74) is 1.02. The third-order valence-electron chi connectivity index (χ3n) is 3.03. The van der Waals surface area contributed by atoms with Crippen LogP contribution in [0.1, 0.15) is 45.2 Å². The number of carbonyl (C=O) groups excluding carboxylic acids is 1. The number of nitrogens with one attached hydrogen (secondary N) is 2. The second-order valence-corrected chi connectivity index (χ2v) is 6.29. The standard InChI is InChI=1S/C16H25FN2O/c1-16(2,3)11-14(19-15(20)9-10-18-4)12-5-7-13(17)8-6-12/h5-8,14,18H,9-11H2,1-4H3,(H,19,20). The summed E-state index contributed by atoms with van der Waals surface area (Å²) in [4.78, 5) is 11.9. The second-order valence-electron chi connectivity index (χ2n) is 6.29. The summed E-state index contributed by atoms with van der Waals surface area (Å²) in [7, 11) is 1.82. The normalized spacial score (nSPS) is 13.1. The lowest BCUT2D eigenvalue weighted by atomic mass is 9.85. The van der Waals surface area contributed by atoms with E-state index in [1.807, 2.05) is 7.05 Å². The topological polar surface area (TPSA) is 41.1 Å². The Kier molecular flexibility index (Phi) is 6.14. The predicted octanol–water partition coefficient (Wildman–Crippen LogP) is 3.03. The second kappa shape index (κ2) is 7.39. The molecule has 112 valence electrons. The number of rotatable bonds is 6. The first-order chi connectivity index (χ1) is 9.31. The van der Waals surface area contributed by atoms with Gasteiger partial charge in [-0.3, -0.25) is 4.79 Å². The summed E-state index contributed by atoms with van der Waals surface area (Å²) in [6.07, 6.45) is 1.25. The van der Waals surface area contributed by atoms with Crippen LogP contribution < -0.4 is 10.6 Å². The summed E-state index contributed by atoms with van der Waals surface area (Å²) in [6.45, 7) is 7.04. The molecule has 1 amide bonds. The van der Waals surface area contributed by atoms with Gasteiger partial charge in [-0.2, -0.15) is 0 Å². The Morgan fingerprint density at radius 3 is 2.35 bits per heavy atom. The summed E-state index contributed by atoms with van der Waals surface area (Å²) < 4.78 is 13.0. The molecule has 2 N–H and O–H groups in total. The van der Waals surface area contributed by atoms with Crippen molar-refractivity contribution in [2.24, 2.45) is 5.41 Å². The van der Waals surface area contributed by atoms with E-state index in [1.165, 1.54) is 12.1 Å². The van der Waals surface area contributed by atoms with E-state index in [2.05, 4.69) is 31.4 Å². The first-order valence-electron chi connectivity index (χ1n) is 7.01. The third kappa shape index (κ3) is 6.15. The Morgan fingerprint density at radius 1 is 1.25 bits per heavy atom. The van der Waals surface area contributed by atoms with Gasteiger partial charge in [-0.15, -0.1) is 0 Å². The van der Waals surface area contributed by atoms with Crippen LogP contribution in [0, 0.1) is 11.2 Å². The van der Waals surface area contributed by atoms with Gasteiger partial charge in [0.2, 0.25) is 5.91 Å². The molecule has 0 aliphatic heterocycles. The van der Waals surface area contributed by atoms with Gasteiger partial charge in [-0.1, -0.05) is 32.9 Å². The first kappa shape index (κ1) is 16.6. The fourth-order valence-corrected chi connectivity index (χ4v) is 2.06. The largest absolute Gasteiger partial charge is 0.349 e. The Bertz CT molecular complexity index is 423. The molecule has 1 rings (SSSR count). The van der Waals surface area contributed by atoms with Crippen molar-refractivity contribution in [2.75, 3.05) is 13.6 Å². The molecule has 0 aliphatic rings. The average Bonchev–Trinajstić information content (AvgIpc) is 2.35. The van der Waals surface area contributed by atoms with Crippen molar-refractivity contribution in [3.63, 3.8) is 0 Å². The minimum Gasteiger partial charge on any atom is -0.349 e. The molecule has 20 heavy (non-hydrogen) atoms.